The molecule has 2 saturated carbocycles. The highest BCUT2D eigenvalue weighted by Gasteiger charge is 2.59. The molecule has 2 heterocycles. The predicted octanol–water partition coefficient (Wildman–Crippen LogP) is 3.05. The molecule has 31 heavy (non-hydrogen) atoms. The van der Waals surface area contributed by atoms with Gasteiger partial charge in [-0.15, -0.1) is 0 Å². The lowest BCUT2D eigenvalue weighted by Gasteiger charge is -2.45. The van der Waals surface area contributed by atoms with Gasteiger partial charge in [-0.1, -0.05) is 13.8 Å². The highest BCUT2D eigenvalue weighted by molar-refractivity contribution is 5.92. The minimum atomic E-state index is -0.248. The Labute approximate surface area is 185 Å². The van der Waals surface area contributed by atoms with Crippen LogP contribution in [-0.4, -0.2) is 66.5 Å². The van der Waals surface area contributed by atoms with E-state index in [4.69, 9.17) is 9.15 Å². The number of carbonyl (C=O) groups excluding carboxylic acids is 2. The number of hydrogen-bond donors (Lipinski definition) is 1. The average Bonchev–Trinajstić information content (AvgIpc) is 3.42. The van der Waals surface area contributed by atoms with Gasteiger partial charge in [-0.3, -0.25) is 14.5 Å². The minimum Gasteiger partial charge on any atom is -0.455 e. The van der Waals surface area contributed by atoms with Crippen molar-refractivity contribution in [2.24, 2.45) is 11.3 Å². The Morgan fingerprint density at radius 1 is 1.26 bits per heavy atom. The molecule has 0 spiro atoms. The molecule has 7 heteroatoms. The number of methoxy groups -OCH3 is 1. The molecule has 7 nitrogen and oxygen atoms in total. The highest BCUT2D eigenvalue weighted by Crippen LogP contribution is 2.58. The van der Waals surface area contributed by atoms with Gasteiger partial charge < -0.3 is 19.4 Å². The van der Waals surface area contributed by atoms with Gasteiger partial charge >= 0.3 is 0 Å². The fraction of sp³-hybridized carbons (Fsp3) is 0.750. The largest absolute Gasteiger partial charge is 0.455 e. The zero-order valence-corrected chi connectivity index (χ0v) is 19.4. The molecule has 172 valence electrons. The summed E-state index contributed by atoms with van der Waals surface area (Å²) in [5.74, 6) is 1.62. The van der Waals surface area contributed by atoms with Crippen molar-refractivity contribution in [1.82, 2.24) is 15.1 Å². The van der Waals surface area contributed by atoms with Crippen molar-refractivity contribution < 1.29 is 18.7 Å². The lowest BCUT2D eigenvalue weighted by Crippen LogP contribution is -2.54. The zero-order chi connectivity index (χ0) is 22.2. The molecule has 0 radical (unpaired) electrons. The number of ether oxygens (including phenoxy) is 1. The van der Waals surface area contributed by atoms with E-state index in [1.807, 2.05) is 17.9 Å². The molecule has 3 aliphatic rings. The second-order valence-electron chi connectivity index (χ2n) is 9.55. The van der Waals surface area contributed by atoms with E-state index >= 15 is 0 Å². The van der Waals surface area contributed by atoms with Gasteiger partial charge in [0.05, 0.1) is 18.1 Å². The van der Waals surface area contributed by atoms with E-state index in [-0.39, 0.29) is 35.4 Å². The van der Waals surface area contributed by atoms with Crippen LogP contribution in [0.4, 0.5) is 0 Å². The molecule has 0 aromatic carbocycles. The number of rotatable bonds is 8. The van der Waals surface area contributed by atoms with E-state index in [0.29, 0.717) is 24.8 Å². The summed E-state index contributed by atoms with van der Waals surface area (Å²) >= 11 is 0. The number of amides is 2. The normalized spacial score (nSPS) is 32.2. The lowest BCUT2D eigenvalue weighted by molar-refractivity contribution is -0.144. The Hall–Kier alpha value is -1.86. The summed E-state index contributed by atoms with van der Waals surface area (Å²) in [5, 5.41) is 3.28. The molecule has 1 aromatic heterocycles. The third-order valence-corrected chi connectivity index (χ3v) is 8.01. The Kier molecular flexibility index (Phi) is 6.44. The maximum Gasteiger partial charge on any atom is 0.289 e. The quantitative estimate of drug-likeness (QED) is 0.685. The highest BCUT2D eigenvalue weighted by atomic mass is 16.5. The molecule has 1 aromatic rings. The van der Waals surface area contributed by atoms with Crippen LogP contribution in [0, 0.1) is 11.3 Å². The first kappa shape index (κ1) is 22.3. The van der Waals surface area contributed by atoms with Gasteiger partial charge in [-0.2, -0.15) is 0 Å². The van der Waals surface area contributed by atoms with E-state index in [1.54, 1.807) is 13.2 Å². The smallest absolute Gasteiger partial charge is 0.289 e. The van der Waals surface area contributed by atoms with E-state index in [0.717, 1.165) is 51.0 Å². The molecule has 2 amide bonds. The summed E-state index contributed by atoms with van der Waals surface area (Å²) in [5.41, 5.74) is -0.248. The molecular weight excluding hydrogens is 394 g/mol. The van der Waals surface area contributed by atoms with Gasteiger partial charge in [-0.05, 0) is 70.2 Å². The van der Waals surface area contributed by atoms with E-state index in [1.165, 1.54) is 0 Å². The topological polar surface area (TPSA) is 75.0 Å². The predicted molar refractivity (Wildman–Crippen MR) is 118 cm³/mol. The van der Waals surface area contributed by atoms with Crippen molar-refractivity contribution in [3.63, 3.8) is 0 Å². The third kappa shape index (κ3) is 4.02. The Bertz CT molecular complexity index is 804. The first-order chi connectivity index (χ1) is 14.9. The first-order valence-corrected chi connectivity index (χ1v) is 11.9. The molecule has 2 unspecified atom stereocenters. The number of carbonyl (C=O) groups is 2. The van der Waals surface area contributed by atoms with Gasteiger partial charge in [0.1, 0.15) is 5.76 Å². The maximum atomic E-state index is 13.2. The monoisotopic (exact) mass is 431 g/mol. The van der Waals surface area contributed by atoms with Crippen molar-refractivity contribution in [2.75, 3.05) is 26.7 Å². The minimum absolute atomic E-state index is 0.00576. The Morgan fingerprint density at radius 3 is 2.65 bits per heavy atom. The number of fused-ring (bicyclic) bond motifs is 1. The van der Waals surface area contributed by atoms with E-state index < -0.39 is 0 Å². The van der Waals surface area contributed by atoms with Crippen LogP contribution in [0.5, 0.6) is 0 Å². The van der Waals surface area contributed by atoms with Gasteiger partial charge in [0.25, 0.3) is 5.91 Å². The van der Waals surface area contributed by atoms with Crippen LogP contribution in [-0.2, 0) is 16.1 Å². The standard InChI is InChI=1S/C24H37N3O4/c1-5-26(6-2)15-18-7-8-21(31-18)22(28)27-14-17(13-16(27)3)25-23(29)24-11-9-19(24)20(30-4)10-12-24/h7-8,16-17,19-20H,5-6,9-15H2,1-4H3,(H,25,29)/t16?,17?,19-,20+,24-/m0/s1. The number of hydrogen-bond acceptors (Lipinski definition) is 5. The van der Waals surface area contributed by atoms with Gasteiger partial charge in [-0.25, -0.2) is 0 Å². The van der Waals surface area contributed by atoms with Crippen molar-refractivity contribution in [1.29, 1.82) is 0 Å². The SMILES string of the molecule is CCN(CC)Cc1ccc(C(=O)N2CC(NC(=O)[C@@]34CC[C@@H](OC)[C@@H]3CC4)CC2C)o1. The van der Waals surface area contributed by atoms with E-state index in [2.05, 4.69) is 24.1 Å². The summed E-state index contributed by atoms with van der Waals surface area (Å²) < 4.78 is 11.5. The molecule has 3 fully saturated rings. The molecule has 4 rings (SSSR count). The Balaban J connectivity index is 1.35. The van der Waals surface area contributed by atoms with Crippen molar-refractivity contribution in [2.45, 2.75) is 77.6 Å². The third-order valence-electron chi connectivity index (χ3n) is 8.01. The van der Waals surface area contributed by atoms with Crippen LogP contribution >= 0.6 is 0 Å². The van der Waals surface area contributed by atoms with Crippen molar-refractivity contribution in [3.05, 3.63) is 23.7 Å². The number of nitrogens with one attached hydrogen (secondary N) is 1. The summed E-state index contributed by atoms with van der Waals surface area (Å²) in [6.45, 7) is 9.41. The zero-order valence-electron chi connectivity index (χ0n) is 19.4. The summed E-state index contributed by atoms with van der Waals surface area (Å²) in [7, 11) is 1.75. The number of nitrogens with zero attached hydrogens (tertiary/aromatic N) is 2. The van der Waals surface area contributed by atoms with Crippen LogP contribution in [0.25, 0.3) is 0 Å². The van der Waals surface area contributed by atoms with Gasteiger partial charge in [0.2, 0.25) is 5.91 Å². The van der Waals surface area contributed by atoms with Crippen molar-refractivity contribution in [3.8, 4) is 0 Å². The van der Waals surface area contributed by atoms with Crippen LogP contribution < -0.4 is 5.32 Å². The average molecular weight is 432 g/mol. The molecule has 1 N–H and O–H groups in total. The fourth-order valence-corrected chi connectivity index (χ4v) is 5.92. The van der Waals surface area contributed by atoms with Crippen LogP contribution in [0.2, 0.25) is 0 Å². The molecule has 1 aliphatic heterocycles. The van der Waals surface area contributed by atoms with Gasteiger partial charge in [0.15, 0.2) is 5.76 Å². The van der Waals surface area contributed by atoms with Crippen LogP contribution in [0.1, 0.15) is 69.2 Å². The van der Waals surface area contributed by atoms with Crippen molar-refractivity contribution >= 4 is 11.8 Å². The molecule has 5 atom stereocenters. The second-order valence-corrected chi connectivity index (χ2v) is 9.55. The van der Waals surface area contributed by atoms with Crippen LogP contribution in [0.15, 0.2) is 16.5 Å². The molecular formula is C24H37N3O4. The summed E-state index contributed by atoms with van der Waals surface area (Å²) in [4.78, 5) is 30.3. The molecule has 0 bridgehead atoms. The summed E-state index contributed by atoms with van der Waals surface area (Å²) in [6.07, 6.45) is 4.90. The fourth-order valence-electron chi connectivity index (χ4n) is 5.92. The van der Waals surface area contributed by atoms with Gasteiger partial charge in [0, 0.05) is 25.7 Å². The summed E-state index contributed by atoms with van der Waals surface area (Å²) in [6, 6.07) is 3.74. The Morgan fingerprint density at radius 2 is 2.00 bits per heavy atom. The molecule has 1 saturated heterocycles. The maximum absolute atomic E-state index is 13.2. The first-order valence-electron chi connectivity index (χ1n) is 11.9. The van der Waals surface area contributed by atoms with Crippen LogP contribution in [0.3, 0.4) is 0 Å². The molecule has 2 aliphatic carbocycles. The van der Waals surface area contributed by atoms with E-state index in [9.17, 15) is 9.59 Å². The number of likely N-dealkylation sites (tertiary alicyclic amines) is 1. The second kappa shape index (κ2) is 8.94. The number of furan rings is 1. The lowest BCUT2D eigenvalue weighted by atomic mass is 9.61.